The number of hydrogen-bond acceptors (Lipinski definition) is 4. The van der Waals surface area contributed by atoms with Gasteiger partial charge < -0.3 is 4.42 Å². The molecule has 0 unspecified atom stereocenters. The molecule has 0 aliphatic carbocycles. The molecular weight excluding hydrogens is 668 g/mol. The first-order valence-corrected chi connectivity index (χ1v) is 16.9. The average Bonchev–Trinajstić information content (AvgIpc) is 3.71. The minimum Gasteiger partial charge on any atom is -0.456 e. The number of aromatic nitrogens is 4. The zero-order valence-corrected chi connectivity index (χ0v) is 27.6. The Morgan fingerprint density at radius 2 is 1.10 bits per heavy atom. The number of nitrogens with zero attached hydrogens (tertiary/aromatic N) is 4. The fraction of sp³-hybridized carbons (Fsp3) is 0. The van der Waals surface area contributed by atoms with E-state index in [1.54, 1.807) is 0 Å². The lowest BCUT2D eigenvalue weighted by Gasteiger charge is -2.11. The van der Waals surface area contributed by atoms with Gasteiger partial charge in [-0.15, -0.1) is 0 Å². The van der Waals surface area contributed by atoms with Crippen molar-refractivity contribution in [3.63, 3.8) is 0 Å². The van der Waals surface area contributed by atoms with Crippen LogP contribution < -0.4 is 0 Å². The third-order valence-corrected chi connectivity index (χ3v) is 9.98. The molecule has 0 aliphatic heterocycles. The van der Waals surface area contributed by atoms with Crippen LogP contribution in [0.4, 0.5) is 0 Å². The summed E-state index contributed by atoms with van der Waals surface area (Å²) in [5.74, 6) is 1.83. The Balaban J connectivity index is 1.26. The van der Waals surface area contributed by atoms with Gasteiger partial charge >= 0.3 is 0 Å². The third kappa shape index (κ3) is 4.49. The van der Waals surface area contributed by atoms with Crippen LogP contribution in [0.2, 0.25) is 0 Å². The van der Waals surface area contributed by atoms with Gasteiger partial charge in [-0.25, -0.2) is 4.98 Å². The Bertz CT molecular complexity index is 2840. The van der Waals surface area contributed by atoms with Gasteiger partial charge in [-0.1, -0.05) is 125 Å². The highest BCUT2D eigenvalue weighted by Gasteiger charge is 2.20. The van der Waals surface area contributed by atoms with Crippen molar-refractivity contribution in [2.75, 3.05) is 0 Å². The molecular formula is C43H25BrN4O. The summed E-state index contributed by atoms with van der Waals surface area (Å²) in [6, 6.07) is 52.4. The number of benzene rings is 7. The summed E-state index contributed by atoms with van der Waals surface area (Å²) in [5.41, 5.74) is 7.91. The van der Waals surface area contributed by atoms with Crippen molar-refractivity contribution >= 4 is 70.4 Å². The molecule has 6 heteroatoms. The number of fused-ring (bicyclic) bond motifs is 8. The van der Waals surface area contributed by atoms with Crippen LogP contribution in [0.1, 0.15) is 0 Å². The van der Waals surface area contributed by atoms with E-state index in [1.807, 2.05) is 72.8 Å². The molecule has 0 aliphatic rings. The van der Waals surface area contributed by atoms with E-state index in [2.05, 4.69) is 99.4 Å². The zero-order chi connectivity index (χ0) is 32.5. The maximum atomic E-state index is 6.18. The largest absolute Gasteiger partial charge is 0.456 e. The van der Waals surface area contributed by atoms with Crippen LogP contribution in [-0.2, 0) is 0 Å². The molecule has 0 N–H and O–H groups in total. The number of hydrogen-bond donors (Lipinski definition) is 0. The van der Waals surface area contributed by atoms with Gasteiger partial charge in [-0.3, -0.25) is 4.57 Å². The van der Waals surface area contributed by atoms with Crippen molar-refractivity contribution < 1.29 is 4.42 Å². The summed E-state index contributed by atoms with van der Waals surface area (Å²) in [6.07, 6.45) is 0. The normalized spacial score (nSPS) is 11.8. The second kappa shape index (κ2) is 11.0. The van der Waals surface area contributed by atoms with E-state index in [4.69, 9.17) is 19.4 Å². The predicted octanol–water partition coefficient (Wildman–Crippen LogP) is 11.8. The molecule has 10 rings (SSSR count). The van der Waals surface area contributed by atoms with Gasteiger partial charge in [0.2, 0.25) is 5.95 Å². The number of rotatable bonds is 4. The van der Waals surface area contributed by atoms with E-state index in [-0.39, 0.29) is 0 Å². The Morgan fingerprint density at radius 1 is 0.449 bits per heavy atom. The molecule has 0 bridgehead atoms. The van der Waals surface area contributed by atoms with Gasteiger partial charge in [0, 0.05) is 37.1 Å². The standard InChI is InChI=1S/C43H25BrN4O/c44-34-16-9-17-38-40(34)33-25-30(20-23-37(33)49-38)29-19-21-35-32(24-29)39-31-15-8-7-10-26(31)18-22-36(39)48(35)43-46-41(27-11-3-1-4-12-27)45-42(47-43)28-13-5-2-6-14-28/h1-25H. The zero-order valence-electron chi connectivity index (χ0n) is 26.0. The van der Waals surface area contributed by atoms with Gasteiger partial charge in [0.1, 0.15) is 11.2 Å². The first-order valence-electron chi connectivity index (χ1n) is 16.1. The number of halogens is 1. The van der Waals surface area contributed by atoms with E-state index in [1.165, 1.54) is 10.8 Å². The van der Waals surface area contributed by atoms with Crippen LogP contribution in [0, 0.1) is 0 Å². The van der Waals surface area contributed by atoms with E-state index >= 15 is 0 Å². The highest BCUT2D eigenvalue weighted by atomic mass is 79.9. The summed E-state index contributed by atoms with van der Waals surface area (Å²) < 4.78 is 9.39. The number of furan rings is 1. The minimum atomic E-state index is 0.576. The summed E-state index contributed by atoms with van der Waals surface area (Å²) >= 11 is 3.75. The molecule has 0 radical (unpaired) electrons. The van der Waals surface area contributed by atoms with Gasteiger partial charge in [0.15, 0.2) is 11.6 Å². The van der Waals surface area contributed by atoms with E-state index in [0.29, 0.717) is 17.6 Å². The summed E-state index contributed by atoms with van der Waals surface area (Å²) in [5, 5.41) is 6.82. The molecule has 5 nitrogen and oxygen atoms in total. The molecule has 0 fully saturated rings. The first kappa shape index (κ1) is 28.0. The molecule has 7 aromatic carbocycles. The summed E-state index contributed by atoms with van der Waals surface area (Å²) in [7, 11) is 0. The molecule has 0 spiro atoms. The second-order valence-electron chi connectivity index (χ2n) is 12.2. The fourth-order valence-corrected chi connectivity index (χ4v) is 7.61. The average molecular weight is 694 g/mol. The lowest BCUT2D eigenvalue weighted by Crippen LogP contribution is -2.06. The quantitative estimate of drug-likeness (QED) is 0.184. The minimum absolute atomic E-state index is 0.576. The highest BCUT2D eigenvalue weighted by molar-refractivity contribution is 9.10. The molecule has 0 saturated carbocycles. The monoisotopic (exact) mass is 692 g/mol. The van der Waals surface area contributed by atoms with Crippen molar-refractivity contribution in [1.82, 2.24) is 19.5 Å². The Morgan fingerprint density at radius 3 is 1.86 bits per heavy atom. The Kier molecular flexibility index (Phi) is 6.26. The van der Waals surface area contributed by atoms with Crippen molar-refractivity contribution in [1.29, 1.82) is 0 Å². The highest BCUT2D eigenvalue weighted by Crippen LogP contribution is 2.40. The fourth-order valence-electron chi connectivity index (χ4n) is 7.05. The van der Waals surface area contributed by atoms with Crippen molar-refractivity contribution in [2.24, 2.45) is 0 Å². The van der Waals surface area contributed by atoms with Crippen molar-refractivity contribution in [3.8, 4) is 39.9 Å². The Hall–Kier alpha value is -6.11. The van der Waals surface area contributed by atoms with Crippen LogP contribution >= 0.6 is 15.9 Å². The van der Waals surface area contributed by atoms with Crippen LogP contribution in [-0.4, -0.2) is 19.5 Å². The molecule has 3 aromatic heterocycles. The lowest BCUT2D eigenvalue weighted by molar-refractivity contribution is 0.669. The molecule has 0 atom stereocenters. The van der Waals surface area contributed by atoms with Gasteiger partial charge in [-0.05, 0) is 64.4 Å². The van der Waals surface area contributed by atoms with Crippen LogP contribution in [0.15, 0.2) is 161 Å². The van der Waals surface area contributed by atoms with Crippen LogP contribution in [0.5, 0.6) is 0 Å². The van der Waals surface area contributed by atoms with Crippen molar-refractivity contribution in [3.05, 3.63) is 156 Å². The topological polar surface area (TPSA) is 56.7 Å². The lowest BCUT2D eigenvalue weighted by atomic mass is 9.99. The molecule has 0 amide bonds. The maximum Gasteiger partial charge on any atom is 0.238 e. The van der Waals surface area contributed by atoms with Crippen LogP contribution in [0.3, 0.4) is 0 Å². The maximum absolute atomic E-state index is 6.18. The second-order valence-corrected chi connectivity index (χ2v) is 13.0. The van der Waals surface area contributed by atoms with Crippen LogP contribution in [0.25, 0.3) is 94.4 Å². The van der Waals surface area contributed by atoms with Crippen molar-refractivity contribution in [2.45, 2.75) is 0 Å². The van der Waals surface area contributed by atoms with Gasteiger partial charge in [-0.2, -0.15) is 9.97 Å². The first-order chi connectivity index (χ1) is 24.2. The SMILES string of the molecule is Brc1cccc2oc3ccc(-c4ccc5c(c4)c4c6ccccc6ccc4n5-c4nc(-c5ccccc5)nc(-c5ccccc5)n4)cc3c12. The third-order valence-electron chi connectivity index (χ3n) is 9.32. The van der Waals surface area contributed by atoms with E-state index in [0.717, 1.165) is 70.5 Å². The molecule has 230 valence electrons. The van der Waals surface area contributed by atoms with E-state index in [9.17, 15) is 0 Å². The summed E-state index contributed by atoms with van der Waals surface area (Å²) in [4.78, 5) is 15.2. The molecule has 10 aromatic rings. The Labute approximate surface area is 289 Å². The van der Waals surface area contributed by atoms with E-state index < -0.39 is 0 Å². The molecule has 49 heavy (non-hydrogen) atoms. The molecule has 3 heterocycles. The molecule has 0 saturated heterocycles. The van der Waals surface area contributed by atoms with Gasteiger partial charge in [0.05, 0.1) is 11.0 Å². The smallest absolute Gasteiger partial charge is 0.238 e. The van der Waals surface area contributed by atoms with Gasteiger partial charge in [0.25, 0.3) is 0 Å². The summed E-state index contributed by atoms with van der Waals surface area (Å²) in [6.45, 7) is 0. The predicted molar refractivity (Wildman–Crippen MR) is 203 cm³/mol.